The molecular formula is C19H25N3O3. The highest BCUT2D eigenvalue weighted by atomic mass is 16.5. The fourth-order valence-corrected chi connectivity index (χ4v) is 3.13. The molecule has 0 aliphatic carbocycles. The van der Waals surface area contributed by atoms with Gasteiger partial charge in [0.15, 0.2) is 0 Å². The van der Waals surface area contributed by atoms with Gasteiger partial charge in [-0.3, -0.25) is 9.48 Å². The SMILES string of the molecule is Cn1cc(CC(=O)N2C[C@@H](COc3ccccc3)OC(C)(C)C2)cn1. The Kier molecular flexibility index (Phi) is 5.08. The second kappa shape index (κ2) is 7.27. The number of para-hydroxylation sites is 1. The van der Waals surface area contributed by atoms with Crippen molar-refractivity contribution in [3.63, 3.8) is 0 Å². The first-order valence-electron chi connectivity index (χ1n) is 8.52. The van der Waals surface area contributed by atoms with Crippen molar-refractivity contribution in [2.45, 2.75) is 32.0 Å². The topological polar surface area (TPSA) is 56.6 Å². The minimum atomic E-state index is -0.395. The van der Waals surface area contributed by atoms with Gasteiger partial charge < -0.3 is 14.4 Å². The van der Waals surface area contributed by atoms with Crippen LogP contribution in [0.1, 0.15) is 19.4 Å². The molecule has 0 spiro atoms. The third-order valence-corrected chi connectivity index (χ3v) is 4.13. The molecule has 1 fully saturated rings. The molecule has 2 heterocycles. The summed E-state index contributed by atoms with van der Waals surface area (Å²) >= 11 is 0. The molecule has 1 atom stereocenters. The molecule has 1 amide bonds. The Morgan fingerprint density at radius 2 is 2.12 bits per heavy atom. The van der Waals surface area contributed by atoms with Crippen molar-refractivity contribution < 1.29 is 14.3 Å². The number of aryl methyl sites for hydroxylation is 1. The quantitative estimate of drug-likeness (QED) is 0.834. The molecule has 134 valence electrons. The van der Waals surface area contributed by atoms with E-state index in [1.165, 1.54) is 0 Å². The van der Waals surface area contributed by atoms with Gasteiger partial charge in [-0.05, 0) is 31.5 Å². The van der Waals surface area contributed by atoms with E-state index < -0.39 is 5.60 Å². The molecule has 1 aliphatic heterocycles. The number of hydrogen-bond donors (Lipinski definition) is 0. The van der Waals surface area contributed by atoms with Crippen LogP contribution in [0.2, 0.25) is 0 Å². The Bertz CT molecular complexity index is 712. The highest BCUT2D eigenvalue weighted by molar-refractivity contribution is 5.78. The number of benzene rings is 1. The van der Waals surface area contributed by atoms with E-state index in [4.69, 9.17) is 9.47 Å². The zero-order valence-corrected chi connectivity index (χ0v) is 15.0. The van der Waals surface area contributed by atoms with Crippen LogP contribution in [0.25, 0.3) is 0 Å². The average molecular weight is 343 g/mol. The molecule has 6 nitrogen and oxygen atoms in total. The van der Waals surface area contributed by atoms with Gasteiger partial charge in [0.25, 0.3) is 0 Å². The number of nitrogens with zero attached hydrogens (tertiary/aromatic N) is 3. The maximum Gasteiger partial charge on any atom is 0.227 e. The fourth-order valence-electron chi connectivity index (χ4n) is 3.13. The molecule has 25 heavy (non-hydrogen) atoms. The number of hydrogen-bond acceptors (Lipinski definition) is 4. The van der Waals surface area contributed by atoms with Gasteiger partial charge in [0.1, 0.15) is 18.5 Å². The van der Waals surface area contributed by atoms with Gasteiger partial charge in [-0.1, -0.05) is 18.2 Å². The van der Waals surface area contributed by atoms with Crippen molar-refractivity contribution in [3.05, 3.63) is 48.3 Å². The van der Waals surface area contributed by atoms with Crippen molar-refractivity contribution in [1.29, 1.82) is 0 Å². The summed E-state index contributed by atoms with van der Waals surface area (Å²) in [5, 5.41) is 4.12. The lowest BCUT2D eigenvalue weighted by molar-refractivity contribution is -0.165. The minimum absolute atomic E-state index is 0.0917. The van der Waals surface area contributed by atoms with Crippen LogP contribution < -0.4 is 4.74 Å². The highest BCUT2D eigenvalue weighted by Gasteiger charge is 2.35. The average Bonchev–Trinajstić information content (AvgIpc) is 2.97. The number of carbonyl (C=O) groups is 1. The van der Waals surface area contributed by atoms with E-state index in [0.717, 1.165) is 11.3 Å². The van der Waals surface area contributed by atoms with Crippen molar-refractivity contribution in [2.24, 2.45) is 7.05 Å². The van der Waals surface area contributed by atoms with E-state index >= 15 is 0 Å². The lowest BCUT2D eigenvalue weighted by atomic mass is 10.0. The summed E-state index contributed by atoms with van der Waals surface area (Å²) < 4.78 is 13.6. The van der Waals surface area contributed by atoms with Gasteiger partial charge in [-0.25, -0.2) is 0 Å². The Hall–Kier alpha value is -2.34. The van der Waals surface area contributed by atoms with E-state index in [9.17, 15) is 4.79 Å². The van der Waals surface area contributed by atoms with Crippen LogP contribution in [0, 0.1) is 0 Å². The number of ether oxygens (including phenoxy) is 2. The van der Waals surface area contributed by atoms with Gasteiger partial charge in [0.05, 0.1) is 24.8 Å². The first-order chi connectivity index (χ1) is 11.9. The van der Waals surface area contributed by atoms with Crippen LogP contribution in [0.3, 0.4) is 0 Å². The summed E-state index contributed by atoms with van der Waals surface area (Å²) in [5.41, 5.74) is 0.530. The number of rotatable bonds is 5. The second-order valence-electron chi connectivity index (χ2n) is 7.10. The third-order valence-electron chi connectivity index (χ3n) is 4.13. The first-order valence-corrected chi connectivity index (χ1v) is 8.52. The van der Waals surface area contributed by atoms with E-state index in [2.05, 4.69) is 5.10 Å². The molecule has 1 aromatic heterocycles. The summed E-state index contributed by atoms with van der Waals surface area (Å²) in [5.74, 6) is 0.900. The van der Waals surface area contributed by atoms with Crippen molar-refractivity contribution in [2.75, 3.05) is 19.7 Å². The zero-order valence-electron chi connectivity index (χ0n) is 15.0. The van der Waals surface area contributed by atoms with E-state index in [0.29, 0.717) is 26.1 Å². The molecule has 2 aromatic rings. The molecule has 1 aromatic carbocycles. The molecule has 0 unspecified atom stereocenters. The van der Waals surface area contributed by atoms with Gasteiger partial charge in [-0.2, -0.15) is 5.10 Å². The van der Waals surface area contributed by atoms with Crippen molar-refractivity contribution in [3.8, 4) is 5.75 Å². The van der Waals surface area contributed by atoms with E-state index in [1.807, 2.05) is 62.3 Å². The van der Waals surface area contributed by atoms with Crippen LogP contribution in [-0.2, 0) is 23.0 Å². The molecular weight excluding hydrogens is 318 g/mol. The summed E-state index contributed by atoms with van der Waals surface area (Å²) in [6.45, 7) is 5.55. The molecule has 0 radical (unpaired) electrons. The monoisotopic (exact) mass is 343 g/mol. The van der Waals surface area contributed by atoms with E-state index in [-0.39, 0.29) is 12.0 Å². The highest BCUT2D eigenvalue weighted by Crippen LogP contribution is 2.22. The van der Waals surface area contributed by atoms with Crippen LogP contribution in [-0.4, -0.2) is 52.0 Å². The Balaban J connectivity index is 1.60. The Labute approximate surface area is 148 Å². The first kappa shape index (κ1) is 17.5. The molecule has 3 rings (SSSR count). The van der Waals surface area contributed by atoms with Crippen LogP contribution in [0.4, 0.5) is 0 Å². The molecule has 1 aliphatic rings. The molecule has 0 saturated carbocycles. The second-order valence-corrected chi connectivity index (χ2v) is 7.10. The summed E-state index contributed by atoms with van der Waals surface area (Å²) in [6.07, 6.45) is 3.82. The predicted molar refractivity (Wildman–Crippen MR) is 94.4 cm³/mol. The number of amides is 1. The van der Waals surface area contributed by atoms with Gasteiger partial charge in [0, 0.05) is 19.8 Å². The van der Waals surface area contributed by atoms with Crippen LogP contribution in [0.15, 0.2) is 42.7 Å². The summed E-state index contributed by atoms with van der Waals surface area (Å²) in [6, 6.07) is 9.65. The number of morpholine rings is 1. The summed E-state index contributed by atoms with van der Waals surface area (Å²) in [4.78, 5) is 14.5. The third kappa shape index (κ3) is 4.82. The molecule has 6 heteroatoms. The fraction of sp³-hybridized carbons (Fsp3) is 0.474. The molecule has 0 bridgehead atoms. The Morgan fingerprint density at radius 3 is 2.80 bits per heavy atom. The summed E-state index contributed by atoms with van der Waals surface area (Å²) in [7, 11) is 1.85. The smallest absolute Gasteiger partial charge is 0.227 e. The maximum atomic E-state index is 12.7. The van der Waals surface area contributed by atoms with Gasteiger partial charge in [-0.15, -0.1) is 0 Å². The maximum absolute atomic E-state index is 12.7. The number of aromatic nitrogens is 2. The van der Waals surface area contributed by atoms with Crippen LogP contribution in [0.5, 0.6) is 5.75 Å². The van der Waals surface area contributed by atoms with Gasteiger partial charge in [0.2, 0.25) is 5.91 Å². The lowest BCUT2D eigenvalue weighted by Crippen LogP contribution is -2.56. The van der Waals surface area contributed by atoms with Gasteiger partial charge >= 0.3 is 0 Å². The zero-order chi connectivity index (χ0) is 17.9. The number of carbonyl (C=O) groups excluding carboxylic acids is 1. The van der Waals surface area contributed by atoms with Crippen molar-refractivity contribution in [1.82, 2.24) is 14.7 Å². The van der Waals surface area contributed by atoms with E-state index in [1.54, 1.807) is 10.9 Å². The van der Waals surface area contributed by atoms with Crippen molar-refractivity contribution >= 4 is 5.91 Å². The predicted octanol–water partition coefficient (Wildman–Crippen LogP) is 2.05. The molecule has 0 N–H and O–H groups in total. The lowest BCUT2D eigenvalue weighted by Gasteiger charge is -2.42. The minimum Gasteiger partial charge on any atom is -0.491 e. The Morgan fingerprint density at radius 1 is 1.36 bits per heavy atom. The normalized spacial score (nSPS) is 19.6. The largest absolute Gasteiger partial charge is 0.491 e. The standard InChI is InChI=1S/C19H25N3O3/c1-19(2)14-22(18(23)9-15-10-20-21(3)11-15)12-17(25-19)13-24-16-7-5-4-6-8-16/h4-8,10-11,17H,9,12-14H2,1-3H3/t17-/m0/s1. The van der Waals surface area contributed by atoms with Crippen LogP contribution >= 0.6 is 0 Å². The molecule has 1 saturated heterocycles.